The summed E-state index contributed by atoms with van der Waals surface area (Å²) in [6, 6.07) is 7.65. The average molecular weight is 351 g/mol. The first-order valence-electron chi connectivity index (χ1n) is 8.80. The number of nitrogens with zero attached hydrogens (tertiary/aromatic N) is 4. The molecule has 7 nitrogen and oxygen atoms in total. The number of fused-ring (bicyclic) bond motifs is 1. The second-order valence-corrected chi connectivity index (χ2v) is 6.57. The summed E-state index contributed by atoms with van der Waals surface area (Å²) >= 11 is 0. The number of hydrogen-bond donors (Lipinski definition) is 1. The molecule has 26 heavy (non-hydrogen) atoms. The second kappa shape index (κ2) is 7.11. The van der Waals surface area contributed by atoms with Crippen LogP contribution in [0.3, 0.4) is 0 Å². The lowest BCUT2D eigenvalue weighted by Gasteiger charge is -2.32. The highest BCUT2D eigenvalue weighted by molar-refractivity contribution is 5.79. The molecule has 0 aliphatic carbocycles. The summed E-state index contributed by atoms with van der Waals surface area (Å²) in [6.07, 6.45) is 5.70. The van der Waals surface area contributed by atoms with Crippen LogP contribution in [0.1, 0.15) is 30.0 Å². The zero-order chi connectivity index (χ0) is 17.9. The molecular weight excluding hydrogens is 330 g/mol. The molecule has 1 N–H and O–H groups in total. The van der Waals surface area contributed by atoms with Gasteiger partial charge < -0.3 is 9.64 Å². The Bertz CT molecular complexity index is 906. The predicted octanol–water partition coefficient (Wildman–Crippen LogP) is 2.31. The van der Waals surface area contributed by atoms with Crippen LogP contribution in [-0.4, -0.2) is 51.2 Å². The number of carbonyl (C=O) groups is 1. The van der Waals surface area contributed by atoms with Gasteiger partial charge in [-0.15, -0.1) is 0 Å². The molecule has 0 bridgehead atoms. The fourth-order valence-corrected chi connectivity index (χ4v) is 3.52. The standard InChI is InChI=1S/C19H21N5O2/c1-26-15-6-4-13(5-7-15)11-16(25)24-10-2-3-14(12-24)17-18-19(23-22-17)21-9-8-20-18/h4-9,14H,2-3,10-12H2,1H3,(H,21,22,23)/t14-/m1/s1. The number of piperidine rings is 1. The number of nitrogens with one attached hydrogen (secondary N) is 1. The summed E-state index contributed by atoms with van der Waals surface area (Å²) in [5.41, 5.74) is 3.41. The number of H-pyrrole nitrogens is 1. The summed E-state index contributed by atoms with van der Waals surface area (Å²) < 4.78 is 5.17. The zero-order valence-corrected chi connectivity index (χ0v) is 14.7. The van der Waals surface area contributed by atoms with Crippen molar-refractivity contribution in [2.24, 2.45) is 0 Å². The lowest BCUT2D eigenvalue weighted by Crippen LogP contribution is -2.40. The van der Waals surface area contributed by atoms with E-state index >= 15 is 0 Å². The highest BCUT2D eigenvalue weighted by atomic mass is 16.5. The van der Waals surface area contributed by atoms with Crippen molar-refractivity contribution in [2.75, 3.05) is 20.2 Å². The van der Waals surface area contributed by atoms with Crippen LogP contribution in [0.2, 0.25) is 0 Å². The van der Waals surface area contributed by atoms with Crippen LogP contribution >= 0.6 is 0 Å². The molecule has 0 unspecified atom stereocenters. The number of likely N-dealkylation sites (tertiary alicyclic amines) is 1. The van der Waals surface area contributed by atoms with Gasteiger partial charge in [-0.25, -0.2) is 9.97 Å². The molecule has 1 aromatic carbocycles. The fourth-order valence-electron chi connectivity index (χ4n) is 3.52. The van der Waals surface area contributed by atoms with Crippen molar-refractivity contribution < 1.29 is 9.53 Å². The van der Waals surface area contributed by atoms with E-state index in [2.05, 4.69) is 20.2 Å². The fraction of sp³-hybridized carbons (Fsp3) is 0.368. The molecule has 7 heteroatoms. The Morgan fingerprint density at radius 1 is 1.27 bits per heavy atom. The predicted molar refractivity (Wildman–Crippen MR) is 96.9 cm³/mol. The lowest BCUT2D eigenvalue weighted by atomic mass is 9.94. The van der Waals surface area contributed by atoms with Crippen molar-refractivity contribution in [3.63, 3.8) is 0 Å². The molecule has 0 saturated carbocycles. The molecule has 0 spiro atoms. The number of carbonyl (C=O) groups excluding carboxylic acids is 1. The molecule has 1 fully saturated rings. The van der Waals surface area contributed by atoms with E-state index in [-0.39, 0.29) is 11.8 Å². The Labute approximate surface area is 151 Å². The van der Waals surface area contributed by atoms with Crippen LogP contribution in [0.15, 0.2) is 36.7 Å². The van der Waals surface area contributed by atoms with E-state index in [1.807, 2.05) is 29.2 Å². The molecular formula is C19H21N5O2. The summed E-state index contributed by atoms with van der Waals surface area (Å²) in [5.74, 6) is 1.16. The van der Waals surface area contributed by atoms with Crippen LogP contribution < -0.4 is 4.74 Å². The molecule has 2 aromatic heterocycles. The van der Waals surface area contributed by atoms with Gasteiger partial charge in [-0.1, -0.05) is 12.1 Å². The van der Waals surface area contributed by atoms with Crippen molar-refractivity contribution in [3.05, 3.63) is 47.9 Å². The first kappa shape index (κ1) is 16.5. The molecule has 1 atom stereocenters. The van der Waals surface area contributed by atoms with Gasteiger partial charge in [0.2, 0.25) is 5.91 Å². The maximum atomic E-state index is 12.7. The van der Waals surface area contributed by atoms with E-state index in [4.69, 9.17) is 4.74 Å². The van der Waals surface area contributed by atoms with Gasteiger partial charge in [-0.05, 0) is 30.5 Å². The van der Waals surface area contributed by atoms with Crippen molar-refractivity contribution >= 4 is 17.1 Å². The van der Waals surface area contributed by atoms with Crippen molar-refractivity contribution in [3.8, 4) is 5.75 Å². The maximum Gasteiger partial charge on any atom is 0.227 e. The minimum Gasteiger partial charge on any atom is -0.497 e. The monoisotopic (exact) mass is 351 g/mol. The van der Waals surface area contributed by atoms with Crippen LogP contribution in [0, 0.1) is 0 Å². The largest absolute Gasteiger partial charge is 0.497 e. The molecule has 0 radical (unpaired) electrons. The third-order valence-corrected chi connectivity index (χ3v) is 4.91. The van der Waals surface area contributed by atoms with Crippen molar-refractivity contribution in [2.45, 2.75) is 25.2 Å². The van der Waals surface area contributed by atoms with E-state index in [9.17, 15) is 4.79 Å². The van der Waals surface area contributed by atoms with E-state index in [0.29, 0.717) is 18.6 Å². The number of aromatic nitrogens is 4. The summed E-state index contributed by atoms with van der Waals surface area (Å²) in [5, 5.41) is 7.31. The molecule has 1 amide bonds. The second-order valence-electron chi connectivity index (χ2n) is 6.57. The van der Waals surface area contributed by atoms with Gasteiger partial charge in [0.1, 0.15) is 11.3 Å². The highest BCUT2D eigenvalue weighted by Gasteiger charge is 2.27. The van der Waals surface area contributed by atoms with Crippen molar-refractivity contribution in [1.29, 1.82) is 0 Å². The zero-order valence-electron chi connectivity index (χ0n) is 14.7. The Morgan fingerprint density at radius 2 is 2.08 bits per heavy atom. The topological polar surface area (TPSA) is 84.0 Å². The third kappa shape index (κ3) is 3.24. The minimum atomic E-state index is 0.148. The molecule has 4 rings (SSSR count). The van der Waals surface area contributed by atoms with Gasteiger partial charge in [0.25, 0.3) is 0 Å². The minimum absolute atomic E-state index is 0.148. The highest BCUT2D eigenvalue weighted by Crippen LogP contribution is 2.29. The Morgan fingerprint density at radius 3 is 2.88 bits per heavy atom. The smallest absolute Gasteiger partial charge is 0.227 e. The van der Waals surface area contributed by atoms with Crippen LogP contribution in [-0.2, 0) is 11.2 Å². The van der Waals surface area contributed by atoms with Crippen LogP contribution in [0.5, 0.6) is 5.75 Å². The summed E-state index contributed by atoms with van der Waals surface area (Å²) in [4.78, 5) is 23.3. The summed E-state index contributed by atoms with van der Waals surface area (Å²) in [6.45, 7) is 1.48. The first-order chi connectivity index (χ1) is 12.7. The molecule has 1 aliphatic heterocycles. The molecule has 134 valence electrons. The Hall–Kier alpha value is -2.96. The number of hydrogen-bond acceptors (Lipinski definition) is 5. The average Bonchev–Trinajstić information content (AvgIpc) is 3.13. The molecule has 1 aliphatic rings. The molecule has 3 aromatic rings. The van der Waals surface area contributed by atoms with E-state index < -0.39 is 0 Å². The number of ether oxygens (including phenoxy) is 1. The SMILES string of the molecule is COc1ccc(CC(=O)N2CCC[C@@H](c3[nH]nc4nccnc34)C2)cc1. The molecule has 1 saturated heterocycles. The number of methoxy groups -OCH3 is 1. The van der Waals surface area contributed by atoms with Gasteiger partial charge in [0, 0.05) is 31.4 Å². The Kier molecular flexibility index (Phi) is 4.51. The van der Waals surface area contributed by atoms with Crippen LogP contribution in [0.25, 0.3) is 11.2 Å². The first-order valence-corrected chi connectivity index (χ1v) is 8.80. The van der Waals surface area contributed by atoms with Gasteiger partial charge in [-0.3, -0.25) is 9.89 Å². The van der Waals surface area contributed by atoms with Gasteiger partial charge >= 0.3 is 0 Å². The van der Waals surface area contributed by atoms with E-state index in [1.165, 1.54) is 0 Å². The quantitative estimate of drug-likeness (QED) is 0.780. The van der Waals surface area contributed by atoms with Crippen LogP contribution in [0.4, 0.5) is 0 Å². The van der Waals surface area contributed by atoms with E-state index in [1.54, 1.807) is 19.5 Å². The molecule has 3 heterocycles. The number of aromatic amines is 1. The normalized spacial score (nSPS) is 17.4. The maximum absolute atomic E-state index is 12.7. The third-order valence-electron chi connectivity index (χ3n) is 4.91. The number of benzene rings is 1. The van der Waals surface area contributed by atoms with Crippen molar-refractivity contribution in [1.82, 2.24) is 25.1 Å². The number of amides is 1. The lowest BCUT2D eigenvalue weighted by molar-refractivity contribution is -0.131. The van der Waals surface area contributed by atoms with E-state index in [0.717, 1.165) is 41.9 Å². The summed E-state index contributed by atoms with van der Waals surface area (Å²) in [7, 11) is 1.64. The van der Waals surface area contributed by atoms with Gasteiger partial charge in [0.05, 0.1) is 19.2 Å². The number of rotatable bonds is 4. The van der Waals surface area contributed by atoms with Gasteiger partial charge in [0.15, 0.2) is 5.65 Å². The Balaban J connectivity index is 1.46. The van der Waals surface area contributed by atoms with Gasteiger partial charge in [-0.2, -0.15) is 5.10 Å².